The van der Waals surface area contributed by atoms with E-state index in [1.807, 2.05) is 16.9 Å². The largest absolute Gasteiger partial charge is 0.241 e. The maximum absolute atomic E-state index is 5.71. The molecule has 2 nitrogen and oxygen atoms in total. The molecule has 0 aliphatic carbocycles. The van der Waals surface area contributed by atoms with Gasteiger partial charge in [0.15, 0.2) is 0 Å². The molecule has 0 fully saturated rings. The highest BCUT2D eigenvalue weighted by molar-refractivity contribution is 6.16. The van der Waals surface area contributed by atoms with E-state index in [-0.39, 0.29) is 0 Å². The second kappa shape index (κ2) is 4.07. The van der Waals surface area contributed by atoms with Gasteiger partial charge in [0, 0.05) is 6.20 Å². The Labute approximate surface area is 94.5 Å². The minimum Gasteiger partial charge on any atom is -0.241 e. The van der Waals surface area contributed by atoms with Crippen LogP contribution in [0.2, 0.25) is 0 Å². The van der Waals surface area contributed by atoms with Crippen LogP contribution >= 0.6 is 11.6 Å². The van der Waals surface area contributed by atoms with E-state index in [1.165, 1.54) is 11.1 Å². The van der Waals surface area contributed by atoms with Crippen molar-refractivity contribution in [3.05, 3.63) is 47.3 Å². The molecule has 0 radical (unpaired) electrons. The molecule has 0 unspecified atom stereocenters. The van der Waals surface area contributed by atoms with Crippen LogP contribution in [0.4, 0.5) is 0 Å². The summed E-state index contributed by atoms with van der Waals surface area (Å²) in [4.78, 5) is 0. The van der Waals surface area contributed by atoms with Crippen molar-refractivity contribution >= 4 is 11.6 Å². The normalized spacial score (nSPS) is 10.6. The van der Waals surface area contributed by atoms with Gasteiger partial charge in [0.1, 0.15) is 0 Å². The minimum absolute atomic E-state index is 0.456. The first-order valence-corrected chi connectivity index (χ1v) is 5.42. The van der Waals surface area contributed by atoms with Crippen LogP contribution in [-0.4, -0.2) is 9.78 Å². The van der Waals surface area contributed by atoms with Crippen molar-refractivity contribution < 1.29 is 0 Å². The van der Waals surface area contributed by atoms with Crippen LogP contribution in [-0.2, 0) is 5.88 Å². The minimum atomic E-state index is 0.456. The number of alkyl halides is 1. The molecule has 1 heterocycles. The zero-order valence-electron chi connectivity index (χ0n) is 8.87. The van der Waals surface area contributed by atoms with Gasteiger partial charge in [-0.15, -0.1) is 11.6 Å². The first-order valence-electron chi connectivity index (χ1n) is 4.89. The van der Waals surface area contributed by atoms with Crippen LogP contribution in [0.15, 0.2) is 30.5 Å². The van der Waals surface area contributed by atoms with E-state index in [1.54, 1.807) is 0 Å². The molecule has 0 saturated carbocycles. The number of aromatic nitrogens is 2. The molecular formula is C12H13ClN2. The average Bonchev–Trinajstić information content (AvgIpc) is 2.70. The van der Waals surface area contributed by atoms with Crippen molar-refractivity contribution in [3.63, 3.8) is 0 Å². The molecule has 0 spiro atoms. The molecule has 0 aliphatic heterocycles. The predicted molar refractivity (Wildman–Crippen MR) is 62.6 cm³/mol. The third kappa shape index (κ3) is 2.05. The van der Waals surface area contributed by atoms with Gasteiger partial charge in [-0.2, -0.15) is 5.10 Å². The monoisotopic (exact) mass is 220 g/mol. The van der Waals surface area contributed by atoms with E-state index in [9.17, 15) is 0 Å². The Bertz CT molecular complexity index is 474. The third-order valence-corrected chi connectivity index (χ3v) is 2.81. The van der Waals surface area contributed by atoms with Crippen molar-refractivity contribution in [2.24, 2.45) is 0 Å². The SMILES string of the molecule is Cc1ccc(-n2ccc(CCl)n2)cc1C. The Morgan fingerprint density at radius 1 is 1.20 bits per heavy atom. The summed E-state index contributed by atoms with van der Waals surface area (Å²) in [6.07, 6.45) is 1.93. The summed E-state index contributed by atoms with van der Waals surface area (Å²) in [5, 5.41) is 4.35. The quantitative estimate of drug-likeness (QED) is 0.711. The standard InChI is InChI=1S/C12H13ClN2/c1-9-3-4-12(7-10(9)2)15-6-5-11(8-13)14-15/h3-7H,8H2,1-2H3. The first kappa shape index (κ1) is 10.2. The Morgan fingerprint density at radius 2 is 2.00 bits per heavy atom. The van der Waals surface area contributed by atoms with Crippen LogP contribution in [0, 0.1) is 13.8 Å². The van der Waals surface area contributed by atoms with E-state index in [0.717, 1.165) is 11.4 Å². The smallest absolute Gasteiger partial charge is 0.0776 e. The molecule has 0 amide bonds. The number of nitrogens with zero attached hydrogens (tertiary/aromatic N) is 2. The van der Waals surface area contributed by atoms with E-state index in [4.69, 9.17) is 11.6 Å². The van der Waals surface area contributed by atoms with Crippen LogP contribution in [0.25, 0.3) is 5.69 Å². The molecule has 0 N–H and O–H groups in total. The van der Waals surface area contributed by atoms with Crippen LogP contribution in [0.3, 0.4) is 0 Å². The molecule has 0 bridgehead atoms. The number of halogens is 1. The van der Waals surface area contributed by atoms with Gasteiger partial charge >= 0.3 is 0 Å². The summed E-state index contributed by atoms with van der Waals surface area (Å²) in [6, 6.07) is 8.22. The summed E-state index contributed by atoms with van der Waals surface area (Å²) < 4.78 is 1.85. The number of aryl methyl sites for hydroxylation is 2. The zero-order valence-corrected chi connectivity index (χ0v) is 9.62. The molecule has 78 valence electrons. The third-order valence-electron chi connectivity index (χ3n) is 2.54. The Hall–Kier alpha value is -1.28. The second-order valence-electron chi connectivity index (χ2n) is 3.65. The lowest BCUT2D eigenvalue weighted by Gasteiger charge is -2.04. The van der Waals surface area contributed by atoms with Gasteiger partial charge in [-0.25, -0.2) is 4.68 Å². The molecule has 2 rings (SSSR count). The summed E-state index contributed by atoms with van der Waals surface area (Å²) >= 11 is 5.71. The zero-order chi connectivity index (χ0) is 10.8. The van der Waals surface area contributed by atoms with Gasteiger partial charge in [0.25, 0.3) is 0 Å². The van der Waals surface area contributed by atoms with Gasteiger partial charge < -0.3 is 0 Å². The fraction of sp³-hybridized carbons (Fsp3) is 0.250. The molecule has 1 aromatic heterocycles. The van der Waals surface area contributed by atoms with Gasteiger partial charge in [-0.05, 0) is 43.2 Å². The van der Waals surface area contributed by atoms with E-state index in [2.05, 4.69) is 37.1 Å². The first-order chi connectivity index (χ1) is 7.20. The maximum Gasteiger partial charge on any atom is 0.0776 e. The molecular weight excluding hydrogens is 208 g/mol. The summed E-state index contributed by atoms with van der Waals surface area (Å²) in [5.41, 5.74) is 4.54. The van der Waals surface area contributed by atoms with E-state index < -0.39 is 0 Å². The number of rotatable bonds is 2. The van der Waals surface area contributed by atoms with Crippen LogP contribution < -0.4 is 0 Å². The van der Waals surface area contributed by atoms with Gasteiger partial charge in [0.05, 0.1) is 17.3 Å². The Balaban J connectivity index is 2.40. The lowest BCUT2D eigenvalue weighted by Crippen LogP contribution is -1.96. The Morgan fingerprint density at radius 3 is 2.60 bits per heavy atom. The van der Waals surface area contributed by atoms with Crippen molar-refractivity contribution in [2.45, 2.75) is 19.7 Å². The maximum atomic E-state index is 5.71. The van der Waals surface area contributed by atoms with Gasteiger partial charge in [0.2, 0.25) is 0 Å². The molecule has 2 aromatic rings. The van der Waals surface area contributed by atoms with Crippen LogP contribution in [0.5, 0.6) is 0 Å². The second-order valence-corrected chi connectivity index (χ2v) is 3.92. The fourth-order valence-corrected chi connectivity index (χ4v) is 1.59. The number of hydrogen-bond donors (Lipinski definition) is 0. The Kier molecular flexibility index (Phi) is 2.78. The highest BCUT2D eigenvalue weighted by Crippen LogP contribution is 2.14. The topological polar surface area (TPSA) is 17.8 Å². The number of benzene rings is 1. The molecule has 15 heavy (non-hydrogen) atoms. The molecule has 0 atom stereocenters. The summed E-state index contributed by atoms with van der Waals surface area (Å²) in [7, 11) is 0. The van der Waals surface area contributed by atoms with E-state index >= 15 is 0 Å². The predicted octanol–water partition coefficient (Wildman–Crippen LogP) is 3.23. The lowest BCUT2D eigenvalue weighted by atomic mass is 10.1. The highest BCUT2D eigenvalue weighted by atomic mass is 35.5. The average molecular weight is 221 g/mol. The van der Waals surface area contributed by atoms with Crippen LogP contribution in [0.1, 0.15) is 16.8 Å². The number of hydrogen-bond acceptors (Lipinski definition) is 1. The fourth-order valence-electron chi connectivity index (χ4n) is 1.44. The molecule has 0 saturated heterocycles. The van der Waals surface area contributed by atoms with Crippen molar-refractivity contribution in [2.75, 3.05) is 0 Å². The molecule has 1 aromatic carbocycles. The van der Waals surface area contributed by atoms with Crippen molar-refractivity contribution in [1.29, 1.82) is 0 Å². The van der Waals surface area contributed by atoms with Gasteiger partial charge in [-0.3, -0.25) is 0 Å². The van der Waals surface area contributed by atoms with Crippen molar-refractivity contribution in [1.82, 2.24) is 9.78 Å². The van der Waals surface area contributed by atoms with Gasteiger partial charge in [-0.1, -0.05) is 6.07 Å². The molecule has 3 heteroatoms. The highest BCUT2D eigenvalue weighted by Gasteiger charge is 2.01. The van der Waals surface area contributed by atoms with E-state index in [0.29, 0.717) is 5.88 Å². The van der Waals surface area contributed by atoms with Crippen molar-refractivity contribution in [3.8, 4) is 5.69 Å². The summed E-state index contributed by atoms with van der Waals surface area (Å²) in [5.74, 6) is 0.456. The molecule has 0 aliphatic rings. The summed E-state index contributed by atoms with van der Waals surface area (Å²) in [6.45, 7) is 4.21. The lowest BCUT2D eigenvalue weighted by molar-refractivity contribution is 0.857.